The molecule has 0 amide bonds. The Morgan fingerprint density at radius 1 is 1.18 bits per heavy atom. The molecule has 0 aromatic carbocycles. The third-order valence-electron chi connectivity index (χ3n) is 3.72. The van der Waals surface area contributed by atoms with Gasteiger partial charge < -0.3 is 5.32 Å². The third kappa shape index (κ3) is 8.10. The Morgan fingerprint density at radius 2 is 1.82 bits per heavy atom. The molecule has 2 heteroatoms. The summed E-state index contributed by atoms with van der Waals surface area (Å²) in [5.74, 6) is 4.09. The van der Waals surface area contributed by atoms with Crippen LogP contribution in [-0.2, 0) is 0 Å². The normalized spacial score (nSPS) is 15.5. The number of hydrogen-bond acceptors (Lipinski definition) is 2. The lowest BCUT2D eigenvalue weighted by molar-refractivity contribution is 0.188. The summed E-state index contributed by atoms with van der Waals surface area (Å²) in [5.41, 5.74) is 0.461. The van der Waals surface area contributed by atoms with E-state index in [9.17, 15) is 0 Å². The standard InChI is InChI=1S/C15H33NS/c1-7-17-10-8-9-15(6,14(4)5)12-16-11-13(2)3/h13-14,16H,7-12H2,1-6H3. The molecule has 0 aliphatic heterocycles. The van der Waals surface area contributed by atoms with Gasteiger partial charge >= 0.3 is 0 Å². The summed E-state index contributed by atoms with van der Waals surface area (Å²) in [7, 11) is 0. The van der Waals surface area contributed by atoms with Gasteiger partial charge in [-0.15, -0.1) is 0 Å². The van der Waals surface area contributed by atoms with Crippen LogP contribution in [0.1, 0.15) is 54.4 Å². The minimum atomic E-state index is 0.461. The molecule has 0 aliphatic rings. The topological polar surface area (TPSA) is 12.0 Å². The maximum atomic E-state index is 3.64. The lowest BCUT2D eigenvalue weighted by atomic mass is 9.75. The molecule has 0 radical (unpaired) electrons. The summed E-state index contributed by atoms with van der Waals surface area (Å²) < 4.78 is 0. The van der Waals surface area contributed by atoms with Crippen LogP contribution in [0, 0.1) is 17.3 Å². The van der Waals surface area contributed by atoms with E-state index in [2.05, 4.69) is 58.6 Å². The van der Waals surface area contributed by atoms with Gasteiger partial charge in [0, 0.05) is 6.54 Å². The molecule has 1 N–H and O–H groups in total. The van der Waals surface area contributed by atoms with Crippen molar-refractivity contribution in [3.05, 3.63) is 0 Å². The molecule has 0 rings (SSSR count). The van der Waals surface area contributed by atoms with Gasteiger partial charge in [0.25, 0.3) is 0 Å². The van der Waals surface area contributed by atoms with Crippen LogP contribution in [0.25, 0.3) is 0 Å². The first kappa shape index (κ1) is 17.3. The minimum Gasteiger partial charge on any atom is -0.316 e. The van der Waals surface area contributed by atoms with Gasteiger partial charge in [-0.25, -0.2) is 0 Å². The monoisotopic (exact) mass is 259 g/mol. The average molecular weight is 260 g/mol. The molecular weight excluding hydrogens is 226 g/mol. The molecule has 104 valence electrons. The minimum absolute atomic E-state index is 0.461. The molecule has 0 bridgehead atoms. The maximum absolute atomic E-state index is 3.64. The predicted octanol–water partition coefficient (Wildman–Crippen LogP) is 4.43. The molecule has 0 heterocycles. The molecule has 17 heavy (non-hydrogen) atoms. The third-order valence-corrected chi connectivity index (χ3v) is 4.70. The summed E-state index contributed by atoms with van der Waals surface area (Å²) in [6, 6.07) is 0. The van der Waals surface area contributed by atoms with Crippen LogP contribution in [0.15, 0.2) is 0 Å². The van der Waals surface area contributed by atoms with Crippen LogP contribution < -0.4 is 5.32 Å². The van der Waals surface area contributed by atoms with E-state index < -0.39 is 0 Å². The second-order valence-corrected chi connectivity index (χ2v) is 7.53. The Bertz CT molecular complexity index is 180. The number of rotatable bonds is 10. The van der Waals surface area contributed by atoms with E-state index >= 15 is 0 Å². The first-order chi connectivity index (χ1) is 7.92. The van der Waals surface area contributed by atoms with Crippen molar-refractivity contribution in [1.82, 2.24) is 5.32 Å². The largest absolute Gasteiger partial charge is 0.316 e. The fourth-order valence-corrected chi connectivity index (χ4v) is 2.59. The van der Waals surface area contributed by atoms with Crippen LogP contribution in [0.3, 0.4) is 0 Å². The van der Waals surface area contributed by atoms with Gasteiger partial charge in [0.2, 0.25) is 0 Å². The van der Waals surface area contributed by atoms with Gasteiger partial charge in [-0.3, -0.25) is 0 Å². The van der Waals surface area contributed by atoms with Crippen molar-refractivity contribution in [3.8, 4) is 0 Å². The van der Waals surface area contributed by atoms with Gasteiger partial charge in [-0.2, -0.15) is 11.8 Å². The summed E-state index contributed by atoms with van der Waals surface area (Å²) in [5, 5.41) is 3.64. The second kappa shape index (κ2) is 9.27. The highest BCUT2D eigenvalue weighted by atomic mass is 32.2. The Labute approximate surface area is 114 Å². The van der Waals surface area contributed by atoms with E-state index in [0.29, 0.717) is 5.41 Å². The Balaban J connectivity index is 3.98. The summed E-state index contributed by atoms with van der Waals surface area (Å²) >= 11 is 2.07. The molecule has 0 spiro atoms. The van der Waals surface area contributed by atoms with Crippen LogP contribution in [0.5, 0.6) is 0 Å². The van der Waals surface area contributed by atoms with Crippen LogP contribution >= 0.6 is 11.8 Å². The highest BCUT2D eigenvalue weighted by molar-refractivity contribution is 7.99. The van der Waals surface area contributed by atoms with Crippen molar-refractivity contribution >= 4 is 11.8 Å². The van der Waals surface area contributed by atoms with Crippen molar-refractivity contribution in [1.29, 1.82) is 0 Å². The molecule has 0 saturated heterocycles. The number of thioether (sulfide) groups is 1. The molecule has 0 aliphatic carbocycles. The van der Waals surface area contributed by atoms with Crippen molar-refractivity contribution in [3.63, 3.8) is 0 Å². The lowest BCUT2D eigenvalue weighted by Gasteiger charge is -2.34. The highest BCUT2D eigenvalue weighted by Gasteiger charge is 2.27. The van der Waals surface area contributed by atoms with Crippen LogP contribution in [0.4, 0.5) is 0 Å². The number of hydrogen-bond donors (Lipinski definition) is 1. The van der Waals surface area contributed by atoms with Crippen LogP contribution in [-0.4, -0.2) is 24.6 Å². The van der Waals surface area contributed by atoms with E-state index in [1.165, 1.54) is 30.9 Å². The van der Waals surface area contributed by atoms with E-state index in [1.807, 2.05) is 0 Å². The fourth-order valence-electron chi connectivity index (χ4n) is 1.95. The molecule has 0 fully saturated rings. The molecule has 1 unspecified atom stereocenters. The van der Waals surface area contributed by atoms with Crippen LogP contribution in [0.2, 0.25) is 0 Å². The molecule has 1 nitrogen and oxygen atoms in total. The maximum Gasteiger partial charge on any atom is 0.000773 e. The van der Waals surface area contributed by atoms with E-state index in [0.717, 1.165) is 18.4 Å². The molecule has 1 atom stereocenters. The fraction of sp³-hybridized carbons (Fsp3) is 1.00. The van der Waals surface area contributed by atoms with Gasteiger partial charge in [0.15, 0.2) is 0 Å². The SMILES string of the molecule is CCSCCCC(C)(CNCC(C)C)C(C)C. The predicted molar refractivity (Wildman–Crippen MR) is 82.9 cm³/mol. The van der Waals surface area contributed by atoms with E-state index in [-0.39, 0.29) is 0 Å². The summed E-state index contributed by atoms with van der Waals surface area (Å²) in [4.78, 5) is 0. The van der Waals surface area contributed by atoms with E-state index in [4.69, 9.17) is 0 Å². The number of nitrogens with one attached hydrogen (secondary N) is 1. The van der Waals surface area contributed by atoms with Gasteiger partial charge in [-0.1, -0.05) is 41.5 Å². The Hall–Kier alpha value is 0.310. The average Bonchev–Trinajstić information content (AvgIpc) is 2.23. The zero-order valence-corrected chi connectivity index (χ0v) is 13.6. The zero-order chi connectivity index (χ0) is 13.3. The van der Waals surface area contributed by atoms with Gasteiger partial charge in [0.1, 0.15) is 0 Å². The van der Waals surface area contributed by atoms with Crippen molar-refractivity contribution in [2.24, 2.45) is 17.3 Å². The lowest BCUT2D eigenvalue weighted by Crippen LogP contribution is -2.37. The first-order valence-electron chi connectivity index (χ1n) is 7.20. The second-order valence-electron chi connectivity index (χ2n) is 6.13. The Kier molecular flexibility index (Phi) is 9.44. The van der Waals surface area contributed by atoms with E-state index in [1.54, 1.807) is 0 Å². The Morgan fingerprint density at radius 3 is 2.29 bits per heavy atom. The summed E-state index contributed by atoms with van der Waals surface area (Å²) in [6.45, 7) is 16.3. The quantitative estimate of drug-likeness (QED) is 0.583. The smallest absolute Gasteiger partial charge is 0.000773 e. The van der Waals surface area contributed by atoms with Crippen molar-refractivity contribution in [2.75, 3.05) is 24.6 Å². The van der Waals surface area contributed by atoms with Gasteiger partial charge in [-0.05, 0) is 48.1 Å². The van der Waals surface area contributed by atoms with Crippen molar-refractivity contribution in [2.45, 2.75) is 54.4 Å². The first-order valence-corrected chi connectivity index (χ1v) is 8.36. The molecule has 0 aromatic rings. The molecule has 0 aromatic heterocycles. The van der Waals surface area contributed by atoms with Gasteiger partial charge in [0.05, 0.1) is 0 Å². The molecule has 0 saturated carbocycles. The highest BCUT2D eigenvalue weighted by Crippen LogP contribution is 2.32. The summed E-state index contributed by atoms with van der Waals surface area (Å²) in [6.07, 6.45) is 2.71. The molecular formula is C15H33NS. The van der Waals surface area contributed by atoms with Crippen molar-refractivity contribution < 1.29 is 0 Å². The zero-order valence-electron chi connectivity index (χ0n) is 12.8.